The van der Waals surface area contributed by atoms with Gasteiger partial charge in [-0.2, -0.15) is 0 Å². The Balaban J connectivity index is 1.21. The van der Waals surface area contributed by atoms with E-state index in [-0.39, 0.29) is 6.10 Å². The Morgan fingerprint density at radius 3 is 2.33 bits per heavy atom. The molecule has 0 N–H and O–H groups in total. The van der Waals surface area contributed by atoms with E-state index >= 15 is 0 Å². The maximum absolute atomic E-state index is 6.13. The summed E-state index contributed by atoms with van der Waals surface area (Å²) < 4.78 is 11.7. The van der Waals surface area contributed by atoms with Crippen LogP contribution >= 0.6 is 23.2 Å². The number of likely N-dealkylation sites (tertiary alicyclic amines) is 1. The summed E-state index contributed by atoms with van der Waals surface area (Å²) in [6, 6.07) is 13.8. The number of halogens is 2. The second kappa shape index (κ2) is 10.1. The Morgan fingerprint density at radius 2 is 1.63 bits per heavy atom. The lowest BCUT2D eigenvalue weighted by molar-refractivity contribution is 0.0881. The van der Waals surface area contributed by atoms with Gasteiger partial charge in [-0.1, -0.05) is 35.3 Å². The molecule has 4 rings (SSSR count). The summed E-state index contributed by atoms with van der Waals surface area (Å²) in [4.78, 5) is 5.07. The Bertz CT molecular complexity index is 832. The number of para-hydroxylation sites is 2. The molecule has 2 aliphatic heterocycles. The molecule has 2 heterocycles. The van der Waals surface area contributed by atoms with Gasteiger partial charge in [0, 0.05) is 38.8 Å². The van der Waals surface area contributed by atoms with Crippen molar-refractivity contribution in [2.24, 2.45) is 5.92 Å². The van der Waals surface area contributed by atoms with Crippen LogP contribution in [0.25, 0.3) is 0 Å². The van der Waals surface area contributed by atoms with Gasteiger partial charge in [-0.05, 0) is 55.9 Å². The summed E-state index contributed by atoms with van der Waals surface area (Å²) in [5.74, 6) is 2.55. The smallest absolute Gasteiger partial charge is 0.142 e. The van der Waals surface area contributed by atoms with Gasteiger partial charge in [0.1, 0.15) is 17.6 Å². The van der Waals surface area contributed by atoms with Crippen molar-refractivity contribution in [3.63, 3.8) is 0 Å². The van der Waals surface area contributed by atoms with Crippen LogP contribution in [0.1, 0.15) is 25.7 Å². The molecule has 2 aromatic carbocycles. The lowest BCUT2D eigenvalue weighted by atomic mass is 9.94. The SMILES string of the molecule is COc1ccccc1N1CCC(CN2CCC(Oc3ccc(Cl)c(Cl)c3)CC2)CC1. The third-order valence-corrected chi connectivity index (χ3v) is 7.02. The summed E-state index contributed by atoms with van der Waals surface area (Å²) in [5, 5.41) is 1.11. The van der Waals surface area contributed by atoms with Crippen molar-refractivity contribution in [2.45, 2.75) is 31.8 Å². The van der Waals surface area contributed by atoms with Crippen LogP contribution in [0.3, 0.4) is 0 Å². The Labute approximate surface area is 189 Å². The number of benzene rings is 2. The van der Waals surface area contributed by atoms with Crippen molar-refractivity contribution in [3.05, 3.63) is 52.5 Å². The van der Waals surface area contributed by atoms with E-state index in [0.29, 0.717) is 10.0 Å². The molecule has 4 nitrogen and oxygen atoms in total. The summed E-state index contributed by atoms with van der Waals surface area (Å²) in [7, 11) is 1.75. The zero-order valence-corrected chi connectivity index (χ0v) is 19.0. The summed E-state index contributed by atoms with van der Waals surface area (Å²) in [6.45, 7) is 5.58. The molecule has 162 valence electrons. The number of piperidine rings is 2. The van der Waals surface area contributed by atoms with E-state index in [2.05, 4.69) is 21.9 Å². The molecule has 0 saturated carbocycles. The normalized spacial score (nSPS) is 19.1. The van der Waals surface area contributed by atoms with Gasteiger partial charge in [0.15, 0.2) is 0 Å². The molecule has 0 amide bonds. The predicted molar refractivity (Wildman–Crippen MR) is 124 cm³/mol. The number of nitrogens with zero attached hydrogens (tertiary/aromatic N) is 2. The number of hydrogen-bond acceptors (Lipinski definition) is 4. The monoisotopic (exact) mass is 448 g/mol. The number of hydrogen-bond donors (Lipinski definition) is 0. The fraction of sp³-hybridized carbons (Fsp3) is 0.500. The average Bonchev–Trinajstić information content (AvgIpc) is 2.78. The fourth-order valence-corrected chi connectivity index (χ4v) is 4.85. The van der Waals surface area contributed by atoms with Gasteiger partial charge >= 0.3 is 0 Å². The van der Waals surface area contributed by atoms with Crippen molar-refractivity contribution < 1.29 is 9.47 Å². The van der Waals surface area contributed by atoms with Gasteiger partial charge in [0.05, 0.1) is 22.8 Å². The van der Waals surface area contributed by atoms with Crippen molar-refractivity contribution in [1.29, 1.82) is 0 Å². The molecule has 30 heavy (non-hydrogen) atoms. The largest absolute Gasteiger partial charge is 0.495 e. The van der Waals surface area contributed by atoms with E-state index in [1.54, 1.807) is 13.2 Å². The molecular weight excluding hydrogens is 419 g/mol. The molecular formula is C24H30Cl2N2O2. The maximum Gasteiger partial charge on any atom is 0.142 e. The molecule has 0 unspecified atom stereocenters. The second-order valence-corrected chi connectivity index (χ2v) is 9.11. The van der Waals surface area contributed by atoms with Crippen LogP contribution in [0, 0.1) is 5.92 Å². The van der Waals surface area contributed by atoms with Crippen LogP contribution in [-0.4, -0.2) is 50.8 Å². The van der Waals surface area contributed by atoms with Crippen LogP contribution in [0.15, 0.2) is 42.5 Å². The van der Waals surface area contributed by atoms with Gasteiger partial charge in [0.25, 0.3) is 0 Å². The third-order valence-electron chi connectivity index (χ3n) is 6.29. The molecule has 0 aromatic heterocycles. The lowest BCUT2D eigenvalue weighted by Crippen LogP contribution is -2.43. The minimum Gasteiger partial charge on any atom is -0.495 e. The van der Waals surface area contributed by atoms with E-state index in [0.717, 1.165) is 56.4 Å². The molecule has 2 fully saturated rings. The highest BCUT2D eigenvalue weighted by atomic mass is 35.5. The van der Waals surface area contributed by atoms with Crippen molar-refractivity contribution in [3.8, 4) is 11.5 Å². The zero-order valence-electron chi connectivity index (χ0n) is 17.5. The Kier molecular flexibility index (Phi) is 7.29. The standard InChI is InChI=1S/C24H30Cl2N2O2/c1-29-24-5-3-2-4-23(24)28-14-8-18(9-15-28)17-27-12-10-19(11-13-27)30-20-6-7-21(25)22(26)16-20/h2-7,16,18-19H,8-15,17H2,1H3. The maximum atomic E-state index is 6.13. The number of methoxy groups -OCH3 is 1. The first-order chi connectivity index (χ1) is 14.6. The van der Waals surface area contributed by atoms with Gasteiger partial charge < -0.3 is 19.3 Å². The highest BCUT2D eigenvalue weighted by Crippen LogP contribution is 2.32. The molecule has 0 radical (unpaired) electrons. The zero-order chi connectivity index (χ0) is 20.9. The van der Waals surface area contributed by atoms with E-state index in [1.807, 2.05) is 24.3 Å². The van der Waals surface area contributed by atoms with Crippen molar-refractivity contribution in [2.75, 3.05) is 44.7 Å². The molecule has 0 atom stereocenters. The van der Waals surface area contributed by atoms with E-state index in [4.69, 9.17) is 32.7 Å². The minimum atomic E-state index is 0.255. The average molecular weight is 449 g/mol. The number of anilines is 1. The quantitative estimate of drug-likeness (QED) is 0.560. The summed E-state index contributed by atoms with van der Waals surface area (Å²) in [5.41, 5.74) is 1.22. The molecule has 0 bridgehead atoms. The molecule has 2 aromatic rings. The van der Waals surface area contributed by atoms with Crippen LogP contribution in [0.5, 0.6) is 11.5 Å². The second-order valence-electron chi connectivity index (χ2n) is 8.30. The van der Waals surface area contributed by atoms with Gasteiger partial charge in [-0.3, -0.25) is 0 Å². The van der Waals surface area contributed by atoms with E-state index < -0.39 is 0 Å². The van der Waals surface area contributed by atoms with Gasteiger partial charge in [0.2, 0.25) is 0 Å². The Hall–Kier alpha value is -1.62. The van der Waals surface area contributed by atoms with Gasteiger partial charge in [-0.25, -0.2) is 0 Å². The van der Waals surface area contributed by atoms with Crippen molar-refractivity contribution in [1.82, 2.24) is 4.90 Å². The molecule has 2 saturated heterocycles. The topological polar surface area (TPSA) is 24.9 Å². The fourth-order valence-electron chi connectivity index (χ4n) is 4.56. The van der Waals surface area contributed by atoms with Crippen LogP contribution in [0.4, 0.5) is 5.69 Å². The lowest BCUT2D eigenvalue weighted by Gasteiger charge is -2.38. The molecule has 2 aliphatic rings. The molecule has 6 heteroatoms. The van der Waals surface area contributed by atoms with E-state index in [9.17, 15) is 0 Å². The first kappa shape index (κ1) is 21.6. The first-order valence-corrected chi connectivity index (χ1v) is 11.6. The predicted octanol–water partition coefficient (Wildman–Crippen LogP) is 5.76. The van der Waals surface area contributed by atoms with E-state index in [1.165, 1.54) is 25.1 Å². The molecule has 0 spiro atoms. The Morgan fingerprint density at radius 1 is 0.900 bits per heavy atom. The third kappa shape index (κ3) is 5.35. The highest BCUT2D eigenvalue weighted by Gasteiger charge is 2.26. The summed E-state index contributed by atoms with van der Waals surface area (Å²) in [6.07, 6.45) is 4.83. The van der Waals surface area contributed by atoms with Crippen LogP contribution < -0.4 is 14.4 Å². The van der Waals surface area contributed by atoms with Crippen LogP contribution in [0.2, 0.25) is 10.0 Å². The first-order valence-electron chi connectivity index (χ1n) is 10.8. The van der Waals surface area contributed by atoms with Crippen molar-refractivity contribution >= 4 is 28.9 Å². The number of ether oxygens (including phenoxy) is 2. The number of rotatable bonds is 6. The van der Waals surface area contributed by atoms with Gasteiger partial charge in [-0.15, -0.1) is 0 Å². The van der Waals surface area contributed by atoms with Crippen LogP contribution in [-0.2, 0) is 0 Å². The highest BCUT2D eigenvalue weighted by molar-refractivity contribution is 6.42. The summed E-state index contributed by atoms with van der Waals surface area (Å²) >= 11 is 12.1. The molecule has 0 aliphatic carbocycles. The minimum absolute atomic E-state index is 0.255.